The molecule has 0 radical (unpaired) electrons. The first-order valence-corrected chi connectivity index (χ1v) is 10.1. The highest BCUT2D eigenvalue weighted by Gasteiger charge is 2.33. The van der Waals surface area contributed by atoms with Crippen molar-refractivity contribution in [1.82, 2.24) is 0 Å². The maximum absolute atomic E-state index is 13.0. The summed E-state index contributed by atoms with van der Waals surface area (Å²) >= 11 is 0. The van der Waals surface area contributed by atoms with Crippen LogP contribution in [-0.4, -0.2) is 24.2 Å². The van der Waals surface area contributed by atoms with Gasteiger partial charge in [-0.15, -0.1) is 0 Å². The van der Waals surface area contributed by atoms with Gasteiger partial charge in [-0.25, -0.2) is 0 Å². The molecule has 0 saturated carbocycles. The van der Waals surface area contributed by atoms with E-state index in [1.165, 1.54) is 0 Å². The van der Waals surface area contributed by atoms with Crippen molar-refractivity contribution in [3.8, 4) is 5.75 Å². The number of fused-ring (bicyclic) bond motifs is 1. The molecular formula is C23H33NO3. The minimum absolute atomic E-state index is 0.0986. The number of hydrogen-bond donors (Lipinski definition) is 1. The molecule has 0 fully saturated rings. The molecular weight excluding hydrogens is 338 g/mol. The van der Waals surface area contributed by atoms with Crippen LogP contribution in [-0.2, 0) is 9.53 Å². The fourth-order valence-corrected chi connectivity index (χ4v) is 3.09. The number of anilines is 1. The van der Waals surface area contributed by atoms with Gasteiger partial charge in [-0.1, -0.05) is 51.5 Å². The minimum atomic E-state index is -0.822. The summed E-state index contributed by atoms with van der Waals surface area (Å²) in [5.41, 5.74) is -0.0351. The number of amides is 1. The third-order valence-electron chi connectivity index (χ3n) is 4.87. The lowest BCUT2D eigenvalue weighted by atomic mass is 9.98. The second-order valence-electron chi connectivity index (χ2n) is 7.28. The summed E-state index contributed by atoms with van der Waals surface area (Å²) in [6, 6.07) is 11.9. The van der Waals surface area contributed by atoms with E-state index in [2.05, 4.69) is 26.1 Å². The Morgan fingerprint density at radius 3 is 2.41 bits per heavy atom. The maximum Gasteiger partial charge on any atom is 0.256 e. The standard InChI is InChI=1S/C23H33NO3/c1-6-15-23(5,26-16-7-2)22(25)24-20-13-14-21(27-17(4)8-3)19-12-10-9-11-18(19)20/h9-14,17H,6-8,15-16H2,1-5H3,(H,24,25)/t17-,23-/m1/s1. The van der Waals surface area contributed by atoms with Gasteiger partial charge in [0.2, 0.25) is 0 Å². The van der Waals surface area contributed by atoms with Gasteiger partial charge in [0.1, 0.15) is 11.4 Å². The molecule has 2 aromatic carbocycles. The normalized spacial score (nSPS) is 14.6. The molecule has 2 aromatic rings. The third kappa shape index (κ3) is 5.23. The largest absolute Gasteiger partial charge is 0.490 e. The van der Waals surface area contributed by atoms with E-state index in [1.54, 1.807) is 0 Å². The van der Waals surface area contributed by atoms with E-state index in [1.807, 2.05) is 50.2 Å². The number of ether oxygens (including phenoxy) is 2. The lowest BCUT2D eigenvalue weighted by Crippen LogP contribution is -2.43. The zero-order valence-electron chi connectivity index (χ0n) is 17.3. The SMILES string of the molecule is CCCO[C@](C)(CCC)C(=O)Nc1ccc(O[C@H](C)CC)c2ccccc12. The average molecular weight is 372 g/mol. The summed E-state index contributed by atoms with van der Waals surface area (Å²) in [6.45, 7) is 10.7. The van der Waals surface area contributed by atoms with Crippen LogP contribution >= 0.6 is 0 Å². The van der Waals surface area contributed by atoms with Crippen molar-refractivity contribution >= 4 is 22.4 Å². The first-order valence-electron chi connectivity index (χ1n) is 10.1. The summed E-state index contributed by atoms with van der Waals surface area (Å²) in [7, 11) is 0. The van der Waals surface area contributed by atoms with E-state index in [9.17, 15) is 4.79 Å². The summed E-state index contributed by atoms with van der Waals surface area (Å²) < 4.78 is 12.0. The predicted molar refractivity (Wildman–Crippen MR) is 113 cm³/mol. The predicted octanol–water partition coefficient (Wildman–Crippen LogP) is 5.94. The molecule has 0 aromatic heterocycles. The molecule has 148 valence electrons. The highest BCUT2D eigenvalue weighted by atomic mass is 16.5. The molecule has 27 heavy (non-hydrogen) atoms. The molecule has 0 aliphatic carbocycles. The highest BCUT2D eigenvalue weighted by molar-refractivity contribution is 6.06. The molecule has 2 rings (SSSR count). The fraction of sp³-hybridized carbons (Fsp3) is 0.522. The van der Waals surface area contributed by atoms with Gasteiger partial charge >= 0.3 is 0 Å². The summed E-state index contributed by atoms with van der Waals surface area (Å²) in [6.07, 6.45) is 3.54. The van der Waals surface area contributed by atoms with Crippen LogP contribution in [0.2, 0.25) is 0 Å². The molecule has 1 amide bonds. The quantitative estimate of drug-likeness (QED) is 0.562. The van der Waals surface area contributed by atoms with Gasteiger partial charge in [0.05, 0.1) is 6.10 Å². The van der Waals surface area contributed by atoms with Crippen molar-refractivity contribution in [3.05, 3.63) is 36.4 Å². The number of carbonyl (C=O) groups is 1. The third-order valence-corrected chi connectivity index (χ3v) is 4.87. The minimum Gasteiger partial charge on any atom is -0.490 e. The Kier molecular flexibility index (Phi) is 7.66. The first kappa shape index (κ1) is 21.2. The number of carbonyl (C=O) groups excluding carboxylic acids is 1. The van der Waals surface area contributed by atoms with E-state index in [-0.39, 0.29) is 12.0 Å². The van der Waals surface area contributed by atoms with Crippen molar-refractivity contribution in [2.24, 2.45) is 0 Å². The van der Waals surface area contributed by atoms with Crippen LogP contribution < -0.4 is 10.1 Å². The zero-order chi connectivity index (χ0) is 19.9. The molecule has 0 bridgehead atoms. The van der Waals surface area contributed by atoms with E-state index >= 15 is 0 Å². The van der Waals surface area contributed by atoms with E-state index < -0.39 is 5.60 Å². The van der Waals surface area contributed by atoms with Gasteiger partial charge in [-0.05, 0) is 45.2 Å². The fourth-order valence-electron chi connectivity index (χ4n) is 3.09. The van der Waals surface area contributed by atoms with Crippen molar-refractivity contribution in [2.75, 3.05) is 11.9 Å². The molecule has 0 spiro atoms. The van der Waals surface area contributed by atoms with Crippen LogP contribution in [0.25, 0.3) is 10.8 Å². The molecule has 0 aliphatic heterocycles. The zero-order valence-corrected chi connectivity index (χ0v) is 17.3. The van der Waals surface area contributed by atoms with Crippen LogP contribution in [0, 0.1) is 0 Å². The molecule has 4 heteroatoms. The Morgan fingerprint density at radius 1 is 1.07 bits per heavy atom. The lowest BCUT2D eigenvalue weighted by molar-refractivity contribution is -0.140. The van der Waals surface area contributed by atoms with Crippen LogP contribution in [0.4, 0.5) is 5.69 Å². The lowest BCUT2D eigenvalue weighted by Gasteiger charge is -2.28. The van der Waals surface area contributed by atoms with Gasteiger partial charge < -0.3 is 14.8 Å². The molecule has 0 unspecified atom stereocenters. The monoisotopic (exact) mass is 371 g/mol. The van der Waals surface area contributed by atoms with Crippen LogP contribution in [0.3, 0.4) is 0 Å². The number of hydrogen-bond acceptors (Lipinski definition) is 3. The number of benzene rings is 2. The van der Waals surface area contributed by atoms with E-state index in [0.717, 1.165) is 41.5 Å². The van der Waals surface area contributed by atoms with E-state index in [4.69, 9.17) is 9.47 Å². The Balaban J connectivity index is 2.33. The second-order valence-corrected chi connectivity index (χ2v) is 7.28. The Labute approximate surface area is 163 Å². The first-order chi connectivity index (χ1) is 12.9. The smallest absolute Gasteiger partial charge is 0.256 e. The van der Waals surface area contributed by atoms with E-state index in [0.29, 0.717) is 13.0 Å². The summed E-state index contributed by atoms with van der Waals surface area (Å²) in [5.74, 6) is 0.745. The van der Waals surface area contributed by atoms with Gasteiger partial charge in [-0.2, -0.15) is 0 Å². The van der Waals surface area contributed by atoms with Crippen molar-refractivity contribution < 1.29 is 14.3 Å². The molecule has 2 atom stereocenters. The second kappa shape index (κ2) is 9.75. The van der Waals surface area contributed by atoms with Crippen LogP contribution in [0.5, 0.6) is 5.75 Å². The maximum atomic E-state index is 13.0. The Morgan fingerprint density at radius 2 is 1.78 bits per heavy atom. The Bertz CT molecular complexity index is 758. The topological polar surface area (TPSA) is 47.6 Å². The average Bonchev–Trinajstić information content (AvgIpc) is 2.68. The Hall–Kier alpha value is -2.07. The number of rotatable bonds is 10. The summed E-state index contributed by atoms with van der Waals surface area (Å²) in [4.78, 5) is 13.0. The molecule has 1 N–H and O–H groups in total. The number of nitrogens with one attached hydrogen (secondary N) is 1. The molecule has 0 saturated heterocycles. The van der Waals surface area contributed by atoms with Crippen molar-refractivity contribution in [1.29, 1.82) is 0 Å². The van der Waals surface area contributed by atoms with Gasteiger partial charge in [0.25, 0.3) is 5.91 Å². The van der Waals surface area contributed by atoms with Crippen molar-refractivity contribution in [2.45, 2.75) is 72.0 Å². The summed E-state index contributed by atoms with van der Waals surface area (Å²) in [5, 5.41) is 5.07. The van der Waals surface area contributed by atoms with Gasteiger partial charge in [0, 0.05) is 23.1 Å². The molecule has 0 aliphatic rings. The molecule has 0 heterocycles. The van der Waals surface area contributed by atoms with Gasteiger partial charge in [0.15, 0.2) is 0 Å². The molecule has 4 nitrogen and oxygen atoms in total. The van der Waals surface area contributed by atoms with Crippen LogP contribution in [0.1, 0.15) is 60.3 Å². The van der Waals surface area contributed by atoms with Crippen molar-refractivity contribution in [3.63, 3.8) is 0 Å². The van der Waals surface area contributed by atoms with Gasteiger partial charge in [-0.3, -0.25) is 4.79 Å². The highest BCUT2D eigenvalue weighted by Crippen LogP contribution is 2.33. The van der Waals surface area contributed by atoms with Crippen LogP contribution in [0.15, 0.2) is 36.4 Å².